The van der Waals surface area contributed by atoms with Crippen LogP contribution in [0, 0.1) is 5.92 Å². The first kappa shape index (κ1) is 32.0. The molecule has 2 saturated heterocycles. The predicted octanol–water partition coefficient (Wildman–Crippen LogP) is 3.00. The van der Waals surface area contributed by atoms with Crippen LogP contribution in [0.15, 0.2) is 24.4 Å². The van der Waals surface area contributed by atoms with Gasteiger partial charge in [0, 0.05) is 68.0 Å². The zero-order valence-electron chi connectivity index (χ0n) is 24.8. The number of carbonyl (C=O) groups is 3. The quantitative estimate of drug-likeness (QED) is 0.248. The number of nitrogens with one attached hydrogen (secondary N) is 4. The Labute approximate surface area is 267 Å². The average molecular weight is 663 g/mol. The van der Waals surface area contributed by atoms with E-state index < -0.39 is 29.9 Å². The molecule has 246 valence electrons. The molecule has 12 nitrogen and oxygen atoms in total. The van der Waals surface area contributed by atoms with Crippen LogP contribution in [-0.2, 0) is 23.8 Å². The highest BCUT2D eigenvalue weighted by Crippen LogP contribution is 2.36. The molecule has 3 aromatic rings. The van der Waals surface area contributed by atoms with Crippen LogP contribution in [0.2, 0.25) is 5.02 Å². The maximum absolute atomic E-state index is 13.7. The Balaban J connectivity index is 1.06. The number of imidazole rings is 1. The Morgan fingerprint density at radius 3 is 2.48 bits per heavy atom. The number of aliphatic hydroxyl groups is 1. The summed E-state index contributed by atoms with van der Waals surface area (Å²) in [5.74, 6) is -0.808. The number of aliphatic hydroxyl groups excluding tert-OH is 1. The molecule has 3 amide bonds. The van der Waals surface area contributed by atoms with Crippen LogP contribution < -0.4 is 10.6 Å². The van der Waals surface area contributed by atoms with Gasteiger partial charge in [0.15, 0.2) is 11.5 Å². The maximum Gasteiger partial charge on any atom is 0.435 e. The number of hydrogen-bond donors (Lipinski definition) is 5. The largest absolute Gasteiger partial charge is 0.435 e. The van der Waals surface area contributed by atoms with Crippen LogP contribution in [0.1, 0.15) is 69.3 Å². The highest BCUT2D eigenvalue weighted by Gasteiger charge is 2.39. The van der Waals surface area contributed by atoms with E-state index in [-0.39, 0.29) is 40.2 Å². The molecule has 0 bridgehead atoms. The molecule has 1 aliphatic carbocycles. The number of halogens is 4. The molecule has 0 radical (unpaired) electrons. The van der Waals surface area contributed by atoms with Gasteiger partial charge in [-0.3, -0.25) is 19.5 Å². The number of rotatable bonds is 8. The van der Waals surface area contributed by atoms with E-state index in [2.05, 4.69) is 30.8 Å². The van der Waals surface area contributed by atoms with Crippen LogP contribution in [0.3, 0.4) is 0 Å². The van der Waals surface area contributed by atoms with Crippen molar-refractivity contribution in [3.63, 3.8) is 0 Å². The molecule has 0 unspecified atom stereocenters. The van der Waals surface area contributed by atoms with Gasteiger partial charge in [-0.1, -0.05) is 30.9 Å². The minimum atomic E-state index is -4.62. The second-order valence-electron chi connectivity index (χ2n) is 12.1. The van der Waals surface area contributed by atoms with Crippen molar-refractivity contribution in [2.45, 2.75) is 56.8 Å². The van der Waals surface area contributed by atoms with Crippen molar-refractivity contribution in [2.75, 3.05) is 38.0 Å². The van der Waals surface area contributed by atoms with Gasteiger partial charge in [0.05, 0.1) is 22.7 Å². The summed E-state index contributed by atoms with van der Waals surface area (Å²) < 4.78 is 41.0. The molecule has 2 atom stereocenters. The number of β-amino-alcohol motifs (C(OH)–C–C–N with tert-alkyl or cyclic N) is 1. The van der Waals surface area contributed by atoms with Crippen LogP contribution in [0.4, 0.5) is 18.9 Å². The summed E-state index contributed by atoms with van der Waals surface area (Å²) in [5.41, 5.74) is 0.371. The Kier molecular flexibility index (Phi) is 9.08. The lowest BCUT2D eigenvalue weighted by atomic mass is 9.81. The Morgan fingerprint density at radius 1 is 1.11 bits per heavy atom. The number of carbonyl (C=O) groups excluding carboxylic acids is 3. The monoisotopic (exact) mass is 662 g/mol. The van der Waals surface area contributed by atoms with Crippen molar-refractivity contribution >= 4 is 35.0 Å². The van der Waals surface area contributed by atoms with Gasteiger partial charge < -0.3 is 30.5 Å². The summed E-state index contributed by atoms with van der Waals surface area (Å²) in [6.45, 7) is 1.73. The summed E-state index contributed by atoms with van der Waals surface area (Å²) in [7, 11) is 0. The van der Waals surface area contributed by atoms with Gasteiger partial charge in [-0.2, -0.15) is 18.3 Å². The van der Waals surface area contributed by atoms with Crippen molar-refractivity contribution in [1.82, 2.24) is 35.3 Å². The summed E-state index contributed by atoms with van der Waals surface area (Å²) in [6, 6.07) is 4.03. The van der Waals surface area contributed by atoms with Crippen molar-refractivity contribution in [3.8, 4) is 0 Å². The molecule has 1 aromatic carbocycles. The second kappa shape index (κ2) is 13.0. The van der Waals surface area contributed by atoms with Crippen molar-refractivity contribution in [1.29, 1.82) is 0 Å². The normalized spacial score (nSPS) is 20.5. The zero-order chi connectivity index (χ0) is 32.6. The predicted molar refractivity (Wildman–Crippen MR) is 160 cm³/mol. The highest BCUT2D eigenvalue weighted by molar-refractivity contribution is 6.34. The Bertz CT molecular complexity index is 1610. The van der Waals surface area contributed by atoms with E-state index in [4.69, 9.17) is 11.6 Å². The van der Waals surface area contributed by atoms with Crippen LogP contribution >= 0.6 is 11.6 Å². The summed E-state index contributed by atoms with van der Waals surface area (Å²) in [4.78, 5) is 49.0. The number of piperazine rings is 1. The fourth-order valence-electron chi connectivity index (χ4n) is 6.12. The molecular weight excluding hydrogens is 629 g/mol. The molecule has 2 aromatic heterocycles. The summed E-state index contributed by atoms with van der Waals surface area (Å²) in [6.07, 6.45) is -0.106. The lowest BCUT2D eigenvalue weighted by molar-refractivity contribution is -0.141. The molecule has 3 fully saturated rings. The molecule has 0 spiro atoms. The van der Waals surface area contributed by atoms with Crippen LogP contribution in [0.25, 0.3) is 0 Å². The van der Waals surface area contributed by atoms with E-state index in [0.717, 1.165) is 19.3 Å². The molecular formula is C30H34ClF3N8O4. The third-order valence-electron chi connectivity index (χ3n) is 8.89. The molecule has 46 heavy (non-hydrogen) atoms. The third kappa shape index (κ3) is 6.90. The standard InChI is InChI=1S/C30H34ClF3N8O4/c31-22-12-17(4-5-20(22)28(45)41-6-8-42(9-7-41)29(46)24-13-19(43)15-35-24)38-27(44)26-36-14-18(37-26)11-21-23(10-16-2-1-3-16)39-40-25(21)30(32,33)34/h4-5,12,14,16,19,24,35,43H,1-3,6-11,13,15H2,(H,36,37)(H,38,44)(H,39,40)/t19-,24+/m1/s1. The maximum atomic E-state index is 13.7. The minimum Gasteiger partial charge on any atom is -0.392 e. The molecule has 2 aliphatic heterocycles. The van der Waals surface area contributed by atoms with E-state index in [9.17, 15) is 32.7 Å². The van der Waals surface area contributed by atoms with E-state index >= 15 is 0 Å². The molecule has 1 saturated carbocycles. The lowest BCUT2D eigenvalue weighted by Gasteiger charge is -2.36. The Hall–Kier alpha value is -3.95. The van der Waals surface area contributed by atoms with Gasteiger partial charge in [-0.25, -0.2) is 4.98 Å². The molecule has 4 heterocycles. The average Bonchev–Trinajstić information content (AvgIpc) is 3.75. The topological polar surface area (TPSA) is 159 Å². The summed E-state index contributed by atoms with van der Waals surface area (Å²) in [5, 5.41) is 21.6. The number of aromatic amines is 2. The number of aromatic nitrogens is 4. The summed E-state index contributed by atoms with van der Waals surface area (Å²) >= 11 is 6.43. The number of hydrogen-bond acceptors (Lipinski definition) is 7. The van der Waals surface area contributed by atoms with E-state index in [1.54, 1.807) is 9.80 Å². The third-order valence-corrected chi connectivity index (χ3v) is 9.20. The fraction of sp³-hybridized carbons (Fsp3) is 0.500. The second-order valence-corrected chi connectivity index (χ2v) is 12.5. The lowest BCUT2D eigenvalue weighted by Crippen LogP contribution is -2.54. The van der Waals surface area contributed by atoms with Gasteiger partial charge in [0.2, 0.25) is 5.91 Å². The molecule has 3 aliphatic rings. The number of amides is 3. The van der Waals surface area contributed by atoms with E-state index in [1.165, 1.54) is 24.4 Å². The van der Waals surface area contributed by atoms with Crippen LogP contribution in [-0.4, -0.2) is 97.7 Å². The molecule has 16 heteroatoms. The van der Waals surface area contributed by atoms with Gasteiger partial charge in [-0.15, -0.1) is 0 Å². The van der Waals surface area contributed by atoms with Crippen molar-refractivity contribution in [3.05, 3.63) is 63.5 Å². The van der Waals surface area contributed by atoms with Crippen molar-refractivity contribution in [2.24, 2.45) is 5.92 Å². The fourth-order valence-corrected chi connectivity index (χ4v) is 6.38. The molecule has 6 rings (SSSR count). The Morgan fingerprint density at radius 2 is 1.85 bits per heavy atom. The van der Waals surface area contributed by atoms with Gasteiger partial charge in [-0.05, 0) is 37.0 Å². The van der Waals surface area contributed by atoms with Gasteiger partial charge in [0.25, 0.3) is 11.8 Å². The van der Waals surface area contributed by atoms with Gasteiger partial charge in [0.1, 0.15) is 0 Å². The highest BCUT2D eigenvalue weighted by atomic mass is 35.5. The van der Waals surface area contributed by atoms with E-state index in [0.29, 0.717) is 68.6 Å². The smallest absolute Gasteiger partial charge is 0.392 e. The first-order chi connectivity index (χ1) is 22.0. The van der Waals surface area contributed by atoms with Crippen molar-refractivity contribution < 1.29 is 32.7 Å². The van der Waals surface area contributed by atoms with Gasteiger partial charge >= 0.3 is 6.18 Å². The number of anilines is 1. The van der Waals surface area contributed by atoms with Crippen LogP contribution in [0.5, 0.6) is 0 Å². The number of nitrogens with zero attached hydrogens (tertiary/aromatic N) is 4. The molecule has 5 N–H and O–H groups in total. The first-order valence-electron chi connectivity index (χ1n) is 15.2. The number of H-pyrrole nitrogens is 2. The minimum absolute atomic E-state index is 0.0423. The van der Waals surface area contributed by atoms with E-state index in [1.807, 2.05) is 0 Å². The first-order valence-corrected chi connectivity index (χ1v) is 15.6. The zero-order valence-corrected chi connectivity index (χ0v) is 25.5. The number of benzene rings is 1. The SMILES string of the molecule is O=C(Nc1ccc(C(=O)N2CCN(C(=O)[C@@H]3C[C@@H](O)CN3)CC2)c(Cl)c1)c1ncc(Cc2c(C(F)(F)F)n[nH]c2CC2CCC2)[nH]1. The number of alkyl halides is 3.